The van der Waals surface area contributed by atoms with Crippen molar-refractivity contribution in [1.82, 2.24) is 14.5 Å². The van der Waals surface area contributed by atoms with Gasteiger partial charge in [0.2, 0.25) is 15.9 Å². The summed E-state index contributed by atoms with van der Waals surface area (Å²) in [7, 11) is -3.82. The average Bonchev–Trinajstić information content (AvgIpc) is 3.09. The highest BCUT2D eigenvalue weighted by Gasteiger charge is 2.39. The van der Waals surface area contributed by atoms with Crippen LogP contribution in [0.3, 0.4) is 0 Å². The first kappa shape index (κ1) is 21.8. The summed E-state index contributed by atoms with van der Waals surface area (Å²) in [4.78, 5) is 14.9. The second-order valence-electron chi connectivity index (χ2n) is 7.44. The lowest BCUT2D eigenvalue weighted by molar-refractivity contribution is -0.124. The predicted molar refractivity (Wildman–Crippen MR) is 103 cm³/mol. The van der Waals surface area contributed by atoms with E-state index in [2.05, 4.69) is 37.9 Å². The molecule has 152 valence electrons. The molecular weight excluding hydrogens is 369 g/mol. The standard InChI is InChI=1S/C19H30FN3O3S/c1-14(2)22(15(3)4)13-11-21-19(24)18-6-5-12-23(18)27(25,26)17-9-7-16(20)8-10-17/h7-10,14-15,18H,5-6,11-13H2,1-4H3,(H,21,24). The van der Waals surface area contributed by atoms with Crippen molar-refractivity contribution in [2.24, 2.45) is 0 Å². The summed E-state index contributed by atoms with van der Waals surface area (Å²) in [5, 5.41) is 2.88. The number of rotatable bonds is 8. The number of benzene rings is 1. The van der Waals surface area contributed by atoms with E-state index in [1.54, 1.807) is 0 Å². The van der Waals surface area contributed by atoms with E-state index in [1.807, 2.05) is 0 Å². The minimum absolute atomic E-state index is 0.00870. The average molecular weight is 400 g/mol. The van der Waals surface area contributed by atoms with Gasteiger partial charge in [0.05, 0.1) is 4.90 Å². The van der Waals surface area contributed by atoms with Crippen molar-refractivity contribution in [1.29, 1.82) is 0 Å². The summed E-state index contributed by atoms with van der Waals surface area (Å²) in [6.07, 6.45) is 1.12. The Balaban J connectivity index is 2.02. The Morgan fingerprint density at radius 3 is 2.37 bits per heavy atom. The fourth-order valence-corrected chi connectivity index (χ4v) is 5.23. The first-order valence-corrected chi connectivity index (χ1v) is 10.9. The molecule has 8 heteroatoms. The Hall–Kier alpha value is -1.51. The van der Waals surface area contributed by atoms with Crippen LogP contribution in [0, 0.1) is 5.82 Å². The molecule has 1 atom stereocenters. The molecule has 6 nitrogen and oxygen atoms in total. The molecular formula is C19H30FN3O3S. The highest BCUT2D eigenvalue weighted by Crippen LogP contribution is 2.26. The quantitative estimate of drug-likeness (QED) is 0.728. The maximum atomic E-state index is 13.1. The van der Waals surface area contributed by atoms with Crippen LogP contribution < -0.4 is 5.32 Å². The second kappa shape index (κ2) is 9.12. The smallest absolute Gasteiger partial charge is 0.243 e. The largest absolute Gasteiger partial charge is 0.353 e. The number of sulfonamides is 1. The molecule has 0 aromatic heterocycles. The third-order valence-electron chi connectivity index (χ3n) is 4.92. The van der Waals surface area contributed by atoms with Crippen LogP contribution in [0.4, 0.5) is 4.39 Å². The molecule has 1 amide bonds. The first-order valence-electron chi connectivity index (χ1n) is 9.45. The van der Waals surface area contributed by atoms with E-state index in [9.17, 15) is 17.6 Å². The van der Waals surface area contributed by atoms with Gasteiger partial charge in [0.1, 0.15) is 11.9 Å². The number of carbonyl (C=O) groups excluding carboxylic acids is 1. The van der Waals surface area contributed by atoms with Crippen molar-refractivity contribution in [3.63, 3.8) is 0 Å². The molecule has 0 bridgehead atoms. The minimum Gasteiger partial charge on any atom is -0.353 e. The van der Waals surface area contributed by atoms with Crippen LogP contribution >= 0.6 is 0 Å². The van der Waals surface area contributed by atoms with Crippen LogP contribution in [-0.2, 0) is 14.8 Å². The molecule has 1 fully saturated rings. The molecule has 0 radical (unpaired) electrons. The molecule has 1 unspecified atom stereocenters. The van der Waals surface area contributed by atoms with Gasteiger partial charge in [-0.05, 0) is 64.8 Å². The molecule has 1 aliphatic heterocycles. The highest BCUT2D eigenvalue weighted by atomic mass is 32.2. The lowest BCUT2D eigenvalue weighted by atomic mass is 10.2. The van der Waals surface area contributed by atoms with Gasteiger partial charge < -0.3 is 5.32 Å². The molecule has 1 heterocycles. The molecule has 0 aliphatic carbocycles. The molecule has 1 aliphatic rings. The maximum Gasteiger partial charge on any atom is 0.243 e. The van der Waals surface area contributed by atoms with Crippen molar-refractivity contribution in [2.75, 3.05) is 19.6 Å². The van der Waals surface area contributed by atoms with Gasteiger partial charge in [-0.2, -0.15) is 4.31 Å². The van der Waals surface area contributed by atoms with Crippen LogP contribution in [0.5, 0.6) is 0 Å². The molecule has 1 aromatic rings. The third-order valence-corrected chi connectivity index (χ3v) is 6.84. The van der Waals surface area contributed by atoms with E-state index in [4.69, 9.17) is 0 Å². The third kappa shape index (κ3) is 5.27. The van der Waals surface area contributed by atoms with Gasteiger partial charge in [-0.25, -0.2) is 12.8 Å². The topological polar surface area (TPSA) is 69.7 Å². The number of hydrogen-bond acceptors (Lipinski definition) is 4. The zero-order chi connectivity index (χ0) is 20.2. The molecule has 2 rings (SSSR count). The van der Waals surface area contributed by atoms with Gasteiger partial charge in [0, 0.05) is 31.7 Å². The maximum absolute atomic E-state index is 13.1. The fourth-order valence-electron chi connectivity index (χ4n) is 3.57. The van der Waals surface area contributed by atoms with Crippen molar-refractivity contribution in [3.8, 4) is 0 Å². The molecule has 1 N–H and O–H groups in total. The van der Waals surface area contributed by atoms with E-state index < -0.39 is 21.9 Å². The molecule has 1 aromatic carbocycles. The molecule has 27 heavy (non-hydrogen) atoms. The Kier molecular flexibility index (Phi) is 7.36. The normalized spacial score (nSPS) is 18.6. The van der Waals surface area contributed by atoms with Crippen LogP contribution in [-0.4, -0.2) is 61.3 Å². The summed E-state index contributed by atoms with van der Waals surface area (Å²) < 4.78 is 40.0. The van der Waals surface area contributed by atoms with Gasteiger partial charge in [-0.3, -0.25) is 9.69 Å². The lowest BCUT2D eigenvalue weighted by Gasteiger charge is -2.31. The summed E-state index contributed by atoms with van der Waals surface area (Å²) in [5.74, 6) is -0.768. The van der Waals surface area contributed by atoms with Crippen LogP contribution in [0.25, 0.3) is 0 Å². The molecule has 0 saturated carbocycles. The SMILES string of the molecule is CC(C)N(CCNC(=O)C1CCCN1S(=O)(=O)c1ccc(F)cc1)C(C)C. The van der Waals surface area contributed by atoms with E-state index >= 15 is 0 Å². The van der Waals surface area contributed by atoms with Gasteiger partial charge >= 0.3 is 0 Å². The summed E-state index contributed by atoms with van der Waals surface area (Å²) >= 11 is 0. The first-order chi connectivity index (χ1) is 12.6. The summed E-state index contributed by atoms with van der Waals surface area (Å²) in [5.41, 5.74) is 0. The van der Waals surface area contributed by atoms with E-state index in [0.717, 1.165) is 12.1 Å². The number of halogens is 1. The predicted octanol–water partition coefficient (Wildman–Crippen LogP) is 2.21. The number of carbonyl (C=O) groups is 1. The van der Waals surface area contributed by atoms with Crippen molar-refractivity contribution in [2.45, 2.75) is 63.6 Å². The van der Waals surface area contributed by atoms with E-state index in [-0.39, 0.29) is 10.8 Å². The zero-order valence-corrected chi connectivity index (χ0v) is 17.3. The number of hydrogen-bond donors (Lipinski definition) is 1. The van der Waals surface area contributed by atoms with Gasteiger partial charge in [0.25, 0.3) is 0 Å². The van der Waals surface area contributed by atoms with Crippen LogP contribution in [0.15, 0.2) is 29.2 Å². The number of nitrogens with one attached hydrogen (secondary N) is 1. The van der Waals surface area contributed by atoms with Crippen molar-refractivity contribution in [3.05, 3.63) is 30.1 Å². The monoisotopic (exact) mass is 399 g/mol. The van der Waals surface area contributed by atoms with E-state index in [0.29, 0.717) is 44.6 Å². The molecule has 1 saturated heterocycles. The zero-order valence-electron chi connectivity index (χ0n) is 16.5. The van der Waals surface area contributed by atoms with E-state index in [1.165, 1.54) is 16.4 Å². The second-order valence-corrected chi connectivity index (χ2v) is 9.33. The lowest BCUT2D eigenvalue weighted by Crippen LogP contribution is -2.48. The van der Waals surface area contributed by atoms with Gasteiger partial charge in [-0.1, -0.05) is 0 Å². The van der Waals surface area contributed by atoms with Crippen LogP contribution in [0.1, 0.15) is 40.5 Å². The van der Waals surface area contributed by atoms with Gasteiger partial charge in [0.15, 0.2) is 0 Å². The Morgan fingerprint density at radius 2 is 1.81 bits per heavy atom. The van der Waals surface area contributed by atoms with Crippen LogP contribution in [0.2, 0.25) is 0 Å². The Labute approximate surface area is 161 Å². The fraction of sp³-hybridized carbons (Fsp3) is 0.632. The molecule has 0 spiro atoms. The van der Waals surface area contributed by atoms with Crippen molar-refractivity contribution >= 4 is 15.9 Å². The summed E-state index contributed by atoms with van der Waals surface area (Å²) in [6.45, 7) is 9.90. The number of nitrogens with zero attached hydrogens (tertiary/aromatic N) is 2. The summed E-state index contributed by atoms with van der Waals surface area (Å²) in [6, 6.07) is 4.72. The Morgan fingerprint density at radius 1 is 1.22 bits per heavy atom. The highest BCUT2D eigenvalue weighted by molar-refractivity contribution is 7.89. The minimum atomic E-state index is -3.82. The Bertz CT molecular complexity index is 727. The van der Waals surface area contributed by atoms with Gasteiger partial charge in [-0.15, -0.1) is 0 Å². The van der Waals surface area contributed by atoms with Crippen molar-refractivity contribution < 1.29 is 17.6 Å². The number of amides is 1.